The summed E-state index contributed by atoms with van der Waals surface area (Å²) in [6.45, 7) is 6.56. The molecule has 1 fully saturated rings. The number of rotatable bonds is 7. The van der Waals surface area contributed by atoms with Gasteiger partial charge in [-0.05, 0) is 12.3 Å². The molecule has 0 unspecified atom stereocenters. The van der Waals surface area contributed by atoms with Crippen LogP contribution in [0, 0.1) is 11.8 Å². The molecule has 1 saturated heterocycles. The monoisotopic (exact) mass is 256 g/mol. The van der Waals surface area contributed by atoms with E-state index in [2.05, 4.69) is 19.2 Å². The van der Waals surface area contributed by atoms with Gasteiger partial charge in [-0.1, -0.05) is 13.8 Å². The van der Waals surface area contributed by atoms with Crippen molar-refractivity contribution >= 4 is 11.8 Å². The number of nitrogens with one attached hydrogen (secondary N) is 1. The third kappa shape index (κ3) is 4.64. The predicted molar refractivity (Wildman–Crippen MR) is 69.0 cm³/mol. The Hall–Kier alpha value is -1.10. The Morgan fingerprint density at radius 2 is 2.28 bits per heavy atom. The quantitative estimate of drug-likeness (QED) is 0.727. The number of hydrogen-bond donors (Lipinski definition) is 1. The van der Waals surface area contributed by atoms with E-state index in [1.807, 2.05) is 0 Å². The smallest absolute Gasteiger partial charge is 0.225 e. The second-order valence-corrected chi connectivity index (χ2v) is 5.21. The van der Waals surface area contributed by atoms with E-state index in [9.17, 15) is 9.59 Å². The Morgan fingerprint density at radius 1 is 1.56 bits per heavy atom. The van der Waals surface area contributed by atoms with Crippen LogP contribution in [0.2, 0.25) is 0 Å². The lowest BCUT2D eigenvalue weighted by atomic mass is 10.1. The Balaban J connectivity index is 2.30. The van der Waals surface area contributed by atoms with Crippen molar-refractivity contribution in [3.63, 3.8) is 0 Å². The van der Waals surface area contributed by atoms with Crippen molar-refractivity contribution in [3.8, 4) is 0 Å². The van der Waals surface area contributed by atoms with E-state index in [1.165, 1.54) is 0 Å². The molecule has 5 heteroatoms. The Morgan fingerprint density at radius 3 is 2.89 bits per heavy atom. The molecule has 0 bridgehead atoms. The number of carbonyl (C=O) groups is 2. The molecule has 104 valence electrons. The highest BCUT2D eigenvalue weighted by Crippen LogP contribution is 2.17. The van der Waals surface area contributed by atoms with E-state index in [-0.39, 0.29) is 17.7 Å². The number of hydrogen-bond acceptors (Lipinski definition) is 3. The van der Waals surface area contributed by atoms with Gasteiger partial charge in [0.2, 0.25) is 11.8 Å². The second kappa shape index (κ2) is 7.36. The first-order chi connectivity index (χ1) is 8.54. The van der Waals surface area contributed by atoms with E-state index < -0.39 is 0 Å². The topological polar surface area (TPSA) is 58.6 Å². The van der Waals surface area contributed by atoms with Gasteiger partial charge in [0.15, 0.2) is 0 Å². The van der Waals surface area contributed by atoms with Crippen LogP contribution in [0.1, 0.15) is 26.7 Å². The largest absolute Gasteiger partial charge is 0.383 e. The van der Waals surface area contributed by atoms with Gasteiger partial charge in [0, 0.05) is 33.2 Å². The summed E-state index contributed by atoms with van der Waals surface area (Å²) in [5, 5.41) is 2.90. The number of likely N-dealkylation sites (tertiary alicyclic amines) is 1. The van der Waals surface area contributed by atoms with Crippen molar-refractivity contribution in [2.24, 2.45) is 11.8 Å². The Bertz CT molecular complexity index is 292. The first kappa shape index (κ1) is 15.0. The lowest BCUT2D eigenvalue weighted by Gasteiger charge is -2.16. The van der Waals surface area contributed by atoms with Crippen molar-refractivity contribution < 1.29 is 14.3 Å². The van der Waals surface area contributed by atoms with Gasteiger partial charge in [0.25, 0.3) is 0 Å². The molecule has 0 spiro atoms. The van der Waals surface area contributed by atoms with Crippen LogP contribution in [0.4, 0.5) is 0 Å². The number of ether oxygens (including phenoxy) is 1. The van der Waals surface area contributed by atoms with E-state index in [0.717, 1.165) is 6.42 Å². The van der Waals surface area contributed by atoms with E-state index in [1.54, 1.807) is 12.0 Å². The van der Waals surface area contributed by atoms with Crippen LogP contribution in [0.3, 0.4) is 0 Å². The molecule has 1 aliphatic rings. The highest BCUT2D eigenvalue weighted by Gasteiger charge is 2.33. The van der Waals surface area contributed by atoms with Crippen LogP contribution in [0.5, 0.6) is 0 Å². The summed E-state index contributed by atoms with van der Waals surface area (Å²) in [5.74, 6) is 0.440. The first-order valence-corrected chi connectivity index (χ1v) is 6.59. The third-order valence-corrected chi connectivity index (χ3v) is 3.17. The van der Waals surface area contributed by atoms with Crippen molar-refractivity contribution in [1.82, 2.24) is 10.2 Å². The fourth-order valence-corrected chi connectivity index (χ4v) is 1.99. The summed E-state index contributed by atoms with van der Waals surface area (Å²) in [6.07, 6.45) is 1.30. The number of carbonyl (C=O) groups excluding carboxylic acids is 2. The normalized spacial score (nSPS) is 19.7. The minimum Gasteiger partial charge on any atom is -0.383 e. The summed E-state index contributed by atoms with van der Waals surface area (Å²) in [7, 11) is 1.61. The number of amides is 2. The molecular formula is C13H24N2O3. The van der Waals surface area contributed by atoms with Crippen LogP contribution in [0.25, 0.3) is 0 Å². The van der Waals surface area contributed by atoms with Crippen molar-refractivity contribution in [1.29, 1.82) is 0 Å². The van der Waals surface area contributed by atoms with Crippen LogP contribution in [-0.4, -0.2) is 50.1 Å². The van der Waals surface area contributed by atoms with Crippen molar-refractivity contribution in [2.45, 2.75) is 26.7 Å². The molecule has 0 aromatic heterocycles. The maximum atomic E-state index is 11.9. The number of methoxy groups -OCH3 is 1. The zero-order chi connectivity index (χ0) is 13.5. The Labute approximate surface area is 109 Å². The molecular weight excluding hydrogens is 232 g/mol. The molecule has 1 aliphatic heterocycles. The summed E-state index contributed by atoms with van der Waals surface area (Å²) < 4.78 is 4.94. The zero-order valence-corrected chi connectivity index (χ0v) is 11.6. The van der Waals surface area contributed by atoms with Crippen LogP contribution in [-0.2, 0) is 14.3 Å². The van der Waals surface area contributed by atoms with Gasteiger partial charge in [-0.2, -0.15) is 0 Å². The lowest BCUT2D eigenvalue weighted by Crippen LogP contribution is -2.34. The summed E-state index contributed by atoms with van der Waals surface area (Å²) in [6, 6.07) is 0. The number of nitrogens with zero attached hydrogens (tertiary/aromatic N) is 1. The molecule has 1 heterocycles. The molecule has 1 atom stereocenters. The second-order valence-electron chi connectivity index (χ2n) is 5.21. The van der Waals surface area contributed by atoms with Crippen molar-refractivity contribution in [3.05, 3.63) is 0 Å². The van der Waals surface area contributed by atoms with Gasteiger partial charge in [-0.15, -0.1) is 0 Å². The van der Waals surface area contributed by atoms with Gasteiger partial charge in [0.05, 0.1) is 12.5 Å². The van der Waals surface area contributed by atoms with Crippen LogP contribution in [0.15, 0.2) is 0 Å². The third-order valence-electron chi connectivity index (χ3n) is 3.17. The van der Waals surface area contributed by atoms with Gasteiger partial charge in [-0.25, -0.2) is 0 Å². The Kier molecular flexibility index (Phi) is 6.12. The first-order valence-electron chi connectivity index (χ1n) is 6.59. The van der Waals surface area contributed by atoms with Crippen LogP contribution < -0.4 is 5.32 Å². The summed E-state index contributed by atoms with van der Waals surface area (Å²) >= 11 is 0. The fraction of sp³-hybridized carbons (Fsp3) is 0.846. The predicted octanol–water partition coefficient (Wildman–Crippen LogP) is 0.644. The molecule has 1 N–H and O–H groups in total. The fourth-order valence-electron chi connectivity index (χ4n) is 1.99. The molecule has 0 radical (unpaired) electrons. The highest BCUT2D eigenvalue weighted by atomic mass is 16.5. The maximum Gasteiger partial charge on any atom is 0.225 e. The maximum absolute atomic E-state index is 11.9. The SMILES string of the molecule is COCCN1C[C@@H](C(=O)NCCC(C)C)CC1=O. The molecule has 5 nitrogen and oxygen atoms in total. The molecule has 0 aliphatic carbocycles. The molecule has 0 saturated carbocycles. The van der Waals surface area contributed by atoms with E-state index >= 15 is 0 Å². The van der Waals surface area contributed by atoms with E-state index in [0.29, 0.717) is 38.6 Å². The van der Waals surface area contributed by atoms with Gasteiger partial charge < -0.3 is 15.0 Å². The minimum absolute atomic E-state index is 0.00363. The van der Waals surface area contributed by atoms with Crippen molar-refractivity contribution in [2.75, 3.05) is 33.4 Å². The molecule has 18 heavy (non-hydrogen) atoms. The summed E-state index contributed by atoms with van der Waals surface area (Å²) in [5.41, 5.74) is 0. The molecule has 2 amide bonds. The lowest BCUT2D eigenvalue weighted by molar-refractivity contribution is -0.129. The van der Waals surface area contributed by atoms with Gasteiger partial charge in [0.1, 0.15) is 0 Å². The van der Waals surface area contributed by atoms with E-state index in [4.69, 9.17) is 4.74 Å². The average molecular weight is 256 g/mol. The standard InChI is InChI=1S/C13H24N2O3/c1-10(2)4-5-14-13(17)11-8-12(16)15(9-11)6-7-18-3/h10-11H,4-9H2,1-3H3,(H,14,17)/t11-/m0/s1. The van der Waals surface area contributed by atoms with Crippen LogP contribution >= 0.6 is 0 Å². The molecule has 0 aromatic rings. The zero-order valence-electron chi connectivity index (χ0n) is 11.6. The molecule has 0 aromatic carbocycles. The van der Waals surface area contributed by atoms with Gasteiger partial charge >= 0.3 is 0 Å². The molecule has 1 rings (SSSR count). The highest BCUT2D eigenvalue weighted by molar-refractivity contribution is 5.89. The van der Waals surface area contributed by atoms with Gasteiger partial charge in [-0.3, -0.25) is 9.59 Å². The average Bonchev–Trinajstić information content (AvgIpc) is 2.67. The minimum atomic E-state index is -0.193. The summed E-state index contributed by atoms with van der Waals surface area (Å²) in [4.78, 5) is 25.2.